The number of hydrazine groups is 1. The van der Waals surface area contributed by atoms with E-state index in [1.165, 1.54) is 24.3 Å². The fourth-order valence-corrected chi connectivity index (χ4v) is 1.51. The van der Waals surface area contributed by atoms with Crippen molar-refractivity contribution in [3.8, 4) is 11.6 Å². The molecule has 0 unspecified atom stereocenters. The second-order valence-electron chi connectivity index (χ2n) is 3.60. The largest absolute Gasteiger partial charge is 0.426 e. The van der Waals surface area contributed by atoms with Crippen molar-refractivity contribution in [3.63, 3.8) is 0 Å². The first-order valence-electron chi connectivity index (χ1n) is 5.42. The zero-order valence-corrected chi connectivity index (χ0v) is 10.3. The number of anilines is 1. The van der Waals surface area contributed by atoms with Gasteiger partial charge in [-0.2, -0.15) is 4.98 Å². The Kier molecular flexibility index (Phi) is 3.85. The summed E-state index contributed by atoms with van der Waals surface area (Å²) in [5.74, 6) is 4.20. The number of nitro benzene ring substituents is 1. The molecular weight excluding hydrogens is 284 g/mol. The third-order valence-electron chi connectivity index (χ3n) is 2.38. The summed E-state index contributed by atoms with van der Waals surface area (Å²) in [5.41, 5.74) is 1.05. The number of nitrogens with two attached hydrogens (primary N) is 1. The van der Waals surface area contributed by atoms with Gasteiger partial charge in [0.1, 0.15) is 6.33 Å². The number of hydrogen-bond acceptors (Lipinski definition) is 9. The predicted octanol–water partition coefficient (Wildman–Crippen LogP) is 1.37. The lowest BCUT2D eigenvalue weighted by atomic mass is 10.3. The first-order chi connectivity index (χ1) is 10.0. The van der Waals surface area contributed by atoms with Gasteiger partial charge in [0.25, 0.3) is 0 Å². The Bertz CT molecular complexity index is 706. The van der Waals surface area contributed by atoms with Gasteiger partial charge in [-0.3, -0.25) is 20.2 Å². The first-order valence-corrected chi connectivity index (χ1v) is 5.42. The average Bonchev–Trinajstić information content (AvgIpc) is 2.47. The van der Waals surface area contributed by atoms with Crippen LogP contribution in [0.2, 0.25) is 0 Å². The molecule has 11 nitrogen and oxygen atoms in total. The van der Waals surface area contributed by atoms with E-state index in [2.05, 4.69) is 9.97 Å². The molecule has 0 aliphatic rings. The number of rotatable bonds is 5. The molecule has 0 aliphatic carbocycles. The van der Waals surface area contributed by atoms with Gasteiger partial charge < -0.3 is 10.2 Å². The third kappa shape index (κ3) is 2.82. The van der Waals surface area contributed by atoms with Crippen LogP contribution in [0.4, 0.5) is 17.2 Å². The summed E-state index contributed by atoms with van der Waals surface area (Å²) in [7, 11) is 0. The minimum atomic E-state index is -0.806. The third-order valence-corrected chi connectivity index (χ3v) is 2.38. The second-order valence-corrected chi connectivity index (χ2v) is 3.60. The lowest BCUT2D eigenvalue weighted by molar-refractivity contribution is -0.387. The lowest BCUT2D eigenvalue weighted by Crippen LogP contribution is -2.12. The lowest BCUT2D eigenvalue weighted by Gasteiger charge is -2.07. The molecule has 0 saturated carbocycles. The molecule has 0 amide bonds. The van der Waals surface area contributed by atoms with E-state index in [1.807, 2.05) is 5.43 Å². The van der Waals surface area contributed by atoms with Gasteiger partial charge in [0, 0.05) is 6.07 Å². The molecule has 21 heavy (non-hydrogen) atoms. The van der Waals surface area contributed by atoms with Crippen molar-refractivity contribution in [1.29, 1.82) is 0 Å². The van der Waals surface area contributed by atoms with E-state index in [9.17, 15) is 20.2 Å². The van der Waals surface area contributed by atoms with Gasteiger partial charge in [-0.15, -0.1) is 0 Å². The number of benzene rings is 1. The minimum absolute atomic E-state index is 0.188. The van der Waals surface area contributed by atoms with Crippen LogP contribution in [0, 0.1) is 20.2 Å². The highest BCUT2D eigenvalue weighted by Crippen LogP contribution is 2.36. The van der Waals surface area contributed by atoms with Crippen LogP contribution in [-0.4, -0.2) is 19.8 Å². The number of nitro groups is 2. The molecule has 3 N–H and O–H groups in total. The fraction of sp³-hybridized carbons (Fsp3) is 0. The highest BCUT2D eigenvalue weighted by atomic mass is 16.6. The van der Waals surface area contributed by atoms with E-state index in [1.54, 1.807) is 0 Å². The van der Waals surface area contributed by atoms with Gasteiger partial charge in [0.05, 0.1) is 9.85 Å². The van der Waals surface area contributed by atoms with Crippen LogP contribution >= 0.6 is 0 Å². The van der Waals surface area contributed by atoms with Crippen molar-refractivity contribution in [1.82, 2.24) is 9.97 Å². The number of para-hydroxylation sites is 2. The molecule has 0 aliphatic heterocycles. The van der Waals surface area contributed by atoms with Crippen molar-refractivity contribution in [3.05, 3.63) is 50.8 Å². The molecule has 2 aromatic rings. The molecule has 0 atom stereocenters. The zero-order valence-electron chi connectivity index (χ0n) is 10.3. The number of nitrogen functional groups attached to an aromatic ring is 1. The molecule has 1 aromatic heterocycles. The fourth-order valence-electron chi connectivity index (χ4n) is 1.51. The van der Waals surface area contributed by atoms with E-state index >= 15 is 0 Å². The maximum atomic E-state index is 11.0. The number of ether oxygens (including phenoxy) is 1. The zero-order chi connectivity index (χ0) is 15.4. The SMILES string of the molecule is NNc1ncnc(Oc2ccccc2[N+](=O)[O-])c1[N+](=O)[O-]. The smallest absolute Gasteiger partial charge is 0.374 e. The summed E-state index contributed by atoms with van der Waals surface area (Å²) in [6.07, 6.45) is 0.978. The topological polar surface area (TPSA) is 159 Å². The Balaban J connectivity index is 2.50. The van der Waals surface area contributed by atoms with E-state index in [-0.39, 0.29) is 17.3 Å². The summed E-state index contributed by atoms with van der Waals surface area (Å²) in [6.45, 7) is 0. The van der Waals surface area contributed by atoms with Crippen LogP contribution in [-0.2, 0) is 0 Å². The van der Waals surface area contributed by atoms with Gasteiger partial charge in [-0.25, -0.2) is 10.8 Å². The minimum Gasteiger partial charge on any atom is -0.426 e. The van der Waals surface area contributed by atoms with Crippen LogP contribution < -0.4 is 16.0 Å². The number of aromatic nitrogens is 2. The summed E-state index contributed by atoms with van der Waals surface area (Å²) in [6, 6.07) is 5.41. The standard InChI is InChI=1S/C10H8N6O5/c11-14-9-8(16(19)20)10(13-5-12-9)21-7-4-2-1-3-6(7)15(17)18/h1-5H,11H2,(H,12,13,14). The molecule has 0 fully saturated rings. The number of nitrogens with one attached hydrogen (secondary N) is 1. The Labute approximate surface area is 116 Å². The Morgan fingerprint density at radius 1 is 1.14 bits per heavy atom. The van der Waals surface area contributed by atoms with Gasteiger partial charge in [-0.05, 0) is 6.07 Å². The monoisotopic (exact) mass is 292 g/mol. The van der Waals surface area contributed by atoms with Crippen molar-refractivity contribution < 1.29 is 14.6 Å². The van der Waals surface area contributed by atoms with E-state index < -0.39 is 21.4 Å². The number of hydrogen-bond donors (Lipinski definition) is 2. The maximum Gasteiger partial charge on any atom is 0.374 e. The normalized spacial score (nSPS) is 9.95. The molecule has 11 heteroatoms. The molecular formula is C10H8N6O5. The van der Waals surface area contributed by atoms with Crippen LogP contribution in [0.5, 0.6) is 11.6 Å². The van der Waals surface area contributed by atoms with Crippen molar-refractivity contribution in [2.45, 2.75) is 0 Å². The summed E-state index contributed by atoms with van der Waals surface area (Å²) < 4.78 is 5.18. The van der Waals surface area contributed by atoms with E-state index in [0.29, 0.717) is 0 Å². The van der Waals surface area contributed by atoms with Gasteiger partial charge in [0.2, 0.25) is 11.6 Å². The van der Waals surface area contributed by atoms with Crippen LogP contribution in [0.25, 0.3) is 0 Å². The van der Waals surface area contributed by atoms with E-state index in [0.717, 1.165) is 6.33 Å². The molecule has 1 aromatic carbocycles. The van der Waals surface area contributed by atoms with Crippen LogP contribution in [0.3, 0.4) is 0 Å². The average molecular weight is 292 g/mol. The Hall–Kier alpha value is -3.34. The highest BCUT2D eigenvalue weighted by molar-refractivity contribution is 5.62. The van der Waals surface area contributed by atoms with Crippen LogP contribution in [0.1, 0.15) is 0 Å². The van der Waals surface area contributed by atoms with Gasteiger partial charge in [-0.1, -0.05) is 12.1 Å². The summed E-state index contributed by atoms with van der Waals surface area (Å²) >= 11 is 0. The van der Waals surface area contributed by atoms with Crippen molar-refractivity contribution in [2.24, 2.45) is 5.84 Å². The highest BCUT2D eigenvalue weighted by Gasteiger charge is 2.26. The number of nitrogens with zero attached hydrogens (tertiary/aromatic N) is 4. The molecule has 108 valence electrons. The molecule has 0 radical (unpaired) electrons. The van der Waals surface area contributed by atoms with Crippen LogP contribution in [0.15, 0.2) is 30.6 Å². The summed E-state index contributed by atoms with van der Waals surface area (Å²) in [4.78, 5) is 27.6. The quantitative estimate of drug-likeness (QED) is 0.471. The molecule has 0 spiro atoms. The molecule has 0 bridgehead atoms. The molecule has 1 heterocycles. The van der Waals surface area contributed by atoms with Crippen molar-refractivity contribution in [2.75, 3.05) is 5.43 Å². The first kappa shape index (κ1) is 14.1. The second kappa shape index (κ2) is 5.75. The predicted molar refractivity (Wildman–Crippen MR) is 69.7 cm³/mol. The summed E-state index contributed by atoms with van der Waals surface area (Å²) in [5, 5.41) is 21.9. The molecule has 2 rings (SSSR count). The van der Waals surface area contributed by atoms with Crippen molar-refractivity contribution >= 4 is 17.2 Å². The van der Waals surface area contributed by atoms with Gasteiger partial charge in [0.15, 0.2) is 0 Å². The maximum absolute atomic E-state index is 11.0. The van der Waals surface area contributed by atoms with Gasteiger partial charge >= 0.3 is 17.3 Å². The Morgan fingerprint density at radius 2 is 1.86 bits per heavy atom. The van der Waals surface area contributed by atoms with E-state index in [4.69, 9.17) is 10.6 Å². The molecule has 0 saturated heterocycles. The Morgan fingerprint density at radius 3 is 2.48 bits per heavy atom.